The molecule has 0 bridgehead atoms. The van der Waals surface area contributed by atoms with Crippen molar-refractivity contribution in [2.24, 2.45) is 0 Å². The molecule has 45 heavy (non-hydrogen) atoms. The van der Waals surface area contributed by atoms with Crippen LogP contribution in [0.25, 0.3) is 0 Å². The van der Waals surface area contributed by atoms with E-state index in [0.717, 1.165) is 35.1 Å². The van der Waals surface area contributed by atoms with Crippen molar-refractivity contribution in [1.82, 2.24) is 0 Å². The van der Waals surface area contributed by atoms with Crippen LogP contribution in [0.4, 0.5) is 0 Å². The molecule has 0 saturated heterocycles. The minimum absolute atomic E-state index is 0. The number of unbranched alkanes of at least 4 members (excludes halogenated alkanes) is 2. The summed E-state index contributed by atoms with van der Waals surface area (Å²) in [6.07, 6.45) is 7.02. The molecule has 0 saturated carbocycles. The Morgan fingerprint density at radius 3 is 0.844 bits per heavy atom. The van der Waals surface area contributed by atoms with Crippen molar-refractivity contribution in [1.29, 1.82) is 0 Å². The van der Waals surface area contributed by atoms with E-state index in [4.69, 9.17) is 18.9 Å². The van der Waals surface area contributed by atoms with E-state index in [0.29, 0.717) is 11.5 Å². The van der Waals surface area contributed by atoms with Crippen molar-refractivity contribution >= 4 is 17.4 Å². The molecule has 9 heteroatoms. The summed E-state index contributed by atoms with van der Waals surface area (Å²) in [7, 11) is -3.50. The molecule has 0 aliphatic heterocycles. The summed E-state index contributed by atoms with van der Waals surface area (Å²) in [4.78, 5) is 16.9. The van der Waals surface area contributed by atoms with Gasteiger partial charge in [0.2, 0.25) is 0 Å². The summed E-state index contributed by atoms with van der Waals surface area (Å²) in [5.41, 5.74) is 6.93. The van der Waals surface area contributed by atoms with Gasteiger partial charge in [-0.15, -0.1) is 0 Å². The van der Waals surface area contributed by atoms with E-state index < -0.39 is 17.4 Å². The molecule has 2 aromatic carbocycles. The van der Waals surface area contributed by atoms with Crippen LogP contribution in [0, 0.1) is 0 Å². The fourth-order valence-corrected chi connectivity index (χ4v) is 4.73. The predicted octanol–water partition coefficient (Wildman–Crippen LogP) is 8.69. The molecule has 264 valence electrons. The number of hydrogen-bond donors (Lipinski definition) is 2. The number of phenols is 2. The van der Waals surface area contributed by atoms with E-state index in [2.05, 4.69) is 121 Å². The van der Waals surface area contributed by atoms with Gasteiger partial charge in [-0.3, -0.25) is 0 Å². The molecular formula is C36H64NiO6P2. The second kappa shape index (κ2) is 21.7. The number of hydrogen-bond acceptors (Lipinski definition) is 6. The SMILES string of the molecule is CCCCc1cc(C(C)(C)C)c(O)c(C(C)(C)C)c1.CCCCc1cc(C(C)(C)C)c(O)c(C(C)(C)C)c1.O=[PH2][O-].O=[PH2][O-].[Ni+2]. The van der Waals surface area contributed by atoms with E-state index in [1.165, 1.54) is 36.8 Å². The summed E-state index contributed by atoms with van der Waals surface area (Å²) in [6.45, 7) is 30.4. The molecule has 2 N–H and O–H groups in total. The third-order valence-electron chi connectivity index (χ3n) is 7.21. The molecule has 2 atom stereocenters. The van der Waals surface area contributed by atoms with Gasteiger partial charge in [0.1, 0.15) is 11.5 Å². The summed E-state index contributed by atoms with van der Waals surface area (Å²) >= 11 is 0. The molecule has 0 heterocycles. The predicted molar refractivity (Wildman–Crippen MR) is 189 cm³/mol. The Bertz CT molecular complexity index is 993. The molecule has 6 nitrogen and oxygen atoms in total. The molecule has 0 aliphatic carbocycles. The summed E-state index contributed by atoms with van der Waals surface area (Å²) in [5.74, 6) is 0.973. The Labute approximate surface area is 288 Å². The smallest absolute Gasteiger partial charge is 0.804 e. The second-order valence-corrected chi connectivity index (χ2v) is 15.9. The van der Waals surface area contributed by atoms with Crippen LogP contribution in [0.3, 0.4) is 0 Å². The minimum atomic E-state index is -1.75. The molecule has 2 unspecified atom stereocenters. The quantitative estimate of drug-likeness (QED) is 0.228. The fourth-order valence-electron chi connectivity index (χ4n) is 4.73. The third kappa shape index (κ3) is 18.1. The molecule has 0 spiro atoms. The van der Waals surface area contributed by atoms with Crippen LogP contribution in [-0.2, 0) is 60.1 Å². The first-order valence-electron chi connectivity index (χ1n) is 15.8. The monoisotopic (exact) mass is 712 g/mol. The fraction of sp³-hybridized carbons (Fsp3) is 0.667. The molecular weight excluding hydrogens is 649 g/mol. The van der Waals surface area contributed by atoms with Gasteiger partial charge in [0.25, 0.3) is 0 Å². The van der Waals surface area contributed by atoms with Crippen LogP contribution in [0.5, 0.6) is 11.5 Å². The largest absolute Gasteiger partial charge is 2.00 e. The second-order valence-electron chi connectivity index (χ2n) is 15.5. The summed E-state index contributed by atoms with van der Waals surface area (Å²) in [6, 6.07) is 8.78. The zero-order chi connectivity index (χ0) is 35.1. The molecule has 0 amide bonds. The average Bonchev–Trinajstić information content (AvgIpc) is 2.86. The first kappa shape index (κ1) is 48.3. The Kier molecular flexibility index (Phi) is 23.3. The van der Waals surface area contributed by atoms with Crippen LogP contribution in [0.15, 0.2) is 24.3 Å². The van der Waals surface area contributed by atoms with E-state index in [1.54, 1.807) is 0 Å². The normalized spacial score (nSPS) is 12.1. The van der Waals surface area contributed by atoms with Gasteiger partial charge in [-0.05, 0) is 98.1 Å². The van der Waals surface area contributed by atoms with Gasteiger partial charge < -0.3 is 29.1 Å². The standard InChI is InChI=1S/2C18H30O.Ni.2H3O2P/c2*1-8-9-10-13-11-14(17(2,3)4)16(19)15(12-13)18(5,6)7;;2*1-3-2/h2*11-12,19H,8-10H2,1-7H3;;2*3H2,(H,1,2)/q;;+2;;/p-2. The number of aryl methyl sites for hydroxylation is 2. The Hall–Kier alpha value is -1.09. The van der Waals surface area contributed by atoms with Gasteiger partial charge in [0.15, 0.2) is 0 Å². The van der Waals surface area contributed by atoms with Crippen molar-refractivity contribution in [3.63, 3.8) is 0 Å². The molecule has 0 radical (unpaired) electrons. The topological polar surface area (TPSA) is 121 Å². The summed E-state index contributed by atoms with van der Waals surface area (Å²) < 4.78 is 16.9. The van der Waals surface area contributed by atoms with Crippen molar-refractivity contribution in [3.05, 3.63) is 57.6 Å². The third-order valence-corrected chi connectivity index (χ3v) is 7.21. The molecule has 0 aromatic heterocycles. The maximum Gasteiger partial charge on any atom is 2.00 e. The number of benzene rings is 2. The maximum absolute atomic E-state index is 10.6. The Balaban J connectivity index is -0.000000654. The van der Waals surface area contributed by atoms with Crippen LogP contribution in [0.1, 0.15) is 156 Å². The van der Waals surface area contributed by atoms with Crippen molar-refractivity contribution in [3.8, 4) is 11.5 Å². The Morgan fingerprint density at radius 2 is 0.711 bits per heavy atom. The van der Waals surface area contributed by atoms with Gasteiger partial charge in [0.05, 0.1) is 0 Å². The minimum Gasteiger partial charge on any atom is -0.804 e. The molecule has 0 aliphatic rings. The zero-order valence-electron chi connectivity index (χ0n) is 30.6. The summed E-state index contributed by atoms with van der Waals surface area (Å²) in [5, 5.41) is 21.2. The molecule has 2 aromatic rings. The molecule has 0 fully saturated rings. The van der Waals surface area contributed by atoms with Gasteiger partial charge in [-0.1, -0.05) is 134 Å². The number of rotatable bonds is 6. The number of aromatic hydroxyl groups is 2. The van der Waals surface area contributed by atoms with Crippen molar-refractivity contribution in [2.45, 2.75) is 157 Å². The van der Waals surface area contributed by atoms with Crippen LogP contribution in [-0.4, -0.2) is 10.2 Å². The van der Waals surface area contributed by atoms with Crippen molar-refractivity contribution in [2.75, 3.05) is 0 Å². The van der Waals surface area contributed by atoms with Gasteiger partial charge in [-0.25, -0.2) is 0 Å². The average molecular weight is 714 g/mol. The van der Waals surface area contributed by atoms with E-state index in [-0.39, 0.29) is 38.2 Å². The Morgan fingerprint density at radius 1 is 0.533 bits per heavy atom. The van der Waals surface area contributed by atoms with Crippen LogP contribution >= 0.6 is 17.4 Å². The van der Waals surface area contributed by atoms with E-state index in [9.17, 15) is 10.2 Å². The van der Waals surface area contributed by atoms with Crippen LogP contribution in [0.2, 0.25) is 0 Å². The van der Waals surface area contributed by atoms with E-state index in [1.807, 2.05) is 0 Å². The van der Waals surface area contributed by atoms with Crippen molar-refractivity contribution < 1.29 is 45.6 Å². The zero-order valence-corrected chi connectivity index (χ0v) is 33.8. The maximum atomic E-state index is 10.6. The van der Waals surface area contributed by atoms with Gasteiger partial charge >= 0.3 is 16.5 Å². The first-order valence-corrected chi connectivity index (χ1v) is 17.7. The molecule has 2 rings (SSSR count). The van der Waals surface area contributed by atoms with E-state index >= 15 is 0 Å². The van der Waals surface area contributed by atoms with Gasteiger partial charge in [0, 0.05) is 0 Å². The van der Waals surface area contributed by atoms with Gasteiger partial charge in [-0.2, -0.15) is 0 Å². The number of phenolic OH excluding ortho intramolecular Hbond substituents is 2. The first-order chi connectivity index (χ1) is 20.0. The van der Waals surface area contributed by atoms with Crippen LogP contribution < -0.4 is 9.79 Å².